The molecule has 0 bridgehead atoms. The molecule has 1 amide bonds. The normalized spacial score (nSPS) is 25.8. The minimum Gasteiger partial charge on any atom is -0.449 e. The highest BCUT2D eigenvalue weighted by molar-refractivity contribution is 5.68. The van der Waals surface area contributed by atoms with Crippen LogP contribution in [0.3, 0.4) is 0 Å². The van der Waals surface area contributed by atoms with Crippen molar-refractivity contribution in [1.29, 1.82) is 0 Å². The minimum atomic E-state index is -0.211. The van der Waals surface area contributed by atoms with E-state index in [0.29, 0.717) is 12.5 Å². The lowest BCUT2D eigenvalue weighted by Crippen LogP contribution is -2.43. The standard InChI is InChI=1S/C11H21NO2/c1-8-6-9(8)7-14-10(13)12(5)11(2,3)4/h8-9H,6-7H2,1-5H3/t8-,9-/m1/s1. The van der Waals surface area contributed by atoms with E-state index in [1.54, 1.807) is 11.9 Å². The fourth-order valence-corrected chi connectivity index (χ4v) is 1.18. The second-order valence-electron chi connectivity index (χ2n) is 5.28. The lowest BCUT2D eigenvalue weighted by atomic mass is 10.1. The molecule has 0 aromatic rings. The molecule has 3 heteroatoms. The molecule has 0 aromatic heterocycles. The molecule has 1 saturated carbocycles. The van der Waals surface area contributed by atoms with Gasteiger partial charge in [-0.25, -0.2) is 4.79 Å². The van der Waals surface area contributed by atoms with Gasteiger partial charge >= 0.3 is 6.09 Å². The van der Waals surface area contributed by atoms with Crippen LogP contribution < -0.4 is 0 Å². The second kappa shape index (κ2) is 3.79. The first-order valence-corrected chi connectivity index (χ1v) is 5.23. The zero-order valence-electron chi connectivity index (χ0n) is 9.83. The summed E-state index contributed by atoms with van der Waals surface area (Å²) in [6.07, 6.45) is 0.989. The topological polar surface area (TPSA) is 29.5 Å². The van der Waals surface area contributed by atoms with Gasteiger partial charge in [-0.2, -0.15) is 0 Å². The predicted molar refractivity (Wildman–Crippen MR) is 56.1 cm³/mol. The van der Waals surface area contributed by atoms with Gasteiger partial charge in [-0.15, -0.1) is 0 Å². The Balaban J connectivity index is 2.27. The van der Waals surface area contributed by atoms with Crippen LogP contribution in [0.1, 0.15) is 34.1 Å². The van der Waals surface area contributed by atoms with Gasteiger partial charge in [0, 0.05) is 12.6 Å². The highest BCUT2D eigenvalue weighted by Gasteiger charge is 2.34. The van der Waals surface area contributed by atoms with Gasteiger partial charge < -0.3 is 9.64 Å². The quantitative estimate of drug-likeness (QED) is 0.684. The summed E-state index contributed by atoms with van der Waals surface area (Å²) in [5.41, 5.74) is -0.160. The third-order valence-electron chi connectivity index (χ3n) is 2.98. The van der Waals surface area contributed by atoms with Crippen molar-refractivity contribution in [3.8, 4) is 0 Å². The van der Waals surface area contributed by atoms with E-state index in [2.05, 4.69) is 6.92 Å². The molecule has 2 atom stereocenters. The van der Waals surface area contributed by atoms with E-state index in [0.717, 1.165) is 5.92 Å². The van der Waals surface area contributed by atoms with Crippen LogP contribution in [0.25, 0.3) is 0 Å². The van der Waals surface area contributed by atoms with Gasteiger partial charge in [-0.1, -0.05) is 6.92 Å². The molecule has 3 nitrogen and oxygen atoms in total. The van der Waals surface area contributed by atoms with Crippen LogP contribution in [-0.4, -0.2) is 30.2 Å². The number of rotatable bonds is 2. The zero-order chi connectivity index (χ0) is 10.9. The molecular formula is C11H21NO2. The minimum absolute atomic E-state index is 0.160. The van der Waals surface area contributed by atoms with E-state index in [1.807, 2.05) is 20.8 Å². The van der Waals surface area contributed by atoms with E-state index in [-0.39, 0.29) is 11.6 Å². The van der Waals surface area contributed by atoms with Crippen molar-refractivity contribution < 1.29 is 9.53 Å². The molecule has 0 heterocycles. The van der Waals surface area contributed by atoms with Crippen molar-refractivity contribution >= 4 is 6.09 Å². The molecule has 0 N–H and O–H groups in total. The van der Waals surface area contributed by atoms with Crippen LogP contribution in [0.15, 0.2) is 0 Å². The SMILES string of the molecule is C[C@@H]1C[C@@H]1COC(=O)N(C)C(C)(C)C. The second-order valence-corrected chi connectivity index (χ2v) is 5.28. The molecular weight excluding hydrogens is 178 g/mol. The highest BCUT2D eigenvalue weighted by atomic mass is 16.6. The third-order valence-corrected chi connectivity index (χ3v) is 2.98. The number of hydrogen-bond donors (Lipinski definition) is 0. The van der Waals surface area contributed by atoms with Gasteiger partial charge in [0.1, 0.15) is 0 Å². The molecule has 0 unspecified atom stereocenters. The maximum atomic E-state index is 11.5. The molecule has 82 valence electrons. The van der Waals surface area contributed by atoms with Crippen LogP contribution in [-0.2, 0) is 4.74 Å². The summed E-state index contributed by atoms with van der Waals surface area (Å²) in [4.78, 5) is 13.2. The molecule has 1 aliphatic rings. The van der Waals surface area contributed by atoms with Crippen LogP contribution in [0.5, 0.6) is 0 Å². The van der Waals surface area contributed by atoms with Crippen molar-refractivity contribution in [2.24, 2.45) is 11.8 Å². The van der Waals surface area contributed by atoms with E-state index in [1.165, 1.54) is 6.42 Å². The summed E-state index contributed by atoms with van der Waals surface area (Å²) < 4.78 is 5.21. The van der Waals surface area contributed by atoms with Crippen molar-refractivity contribution in [3.05, 3.63) is 0 Å². The molecule has 0 radical (unpaired) electrons. The first-order valence-electron chi connectivity index (χ1n) is 5.23. The van der Waals surface area contributed by atoms with Crippen molar-refractivity contribution in [1.82, 2.24) is 4.90 Å². The highest BCUT2D eigenvalue weighted by Crippen LogP contribution is 2.37. The molecule has 0 aromatic carbocycles. The first kappa shape index (κ1) is 11.3. The van der Waals surface area contributed by atoms with Crippen LogP contribution >= 0.6 is 0 Å². The summed E-state index contributed by atoms with van der Waals surface area (Å²) in [6, 6.07) is 0. The number of hydrogen-bond acceptors (Lipinski definition) is 2. The number of nitrogens with zero attached hydrogens (tertiary/aromatic N) is 1. The third kappa shape index (κ3) is 2.89. The molecule has 1 rings (SSSR count). The molecule has 14 heavy (non-hydrogen) atoms. The number of amides is 1. The maximum absolute atomic E-state index is 11.5. The Morgan fingerprint density at radius 1 is 1.50 bits per heavy atom. The average Bonchev–Trinajstić information content (AvgIpc) is 2.75. The fraction of sp³-hybridized carbons (Fsp3) is 0.909. The molecule has 0 spiro atoms. The summed E-state index contributed by atoms with van der Waals surface area (Å²) in [6.45, 7) is 8.75. The van der Waals surface area contributed by atoms with Gasteiger partial charge in [0.15, 0.2) is 0 Å². The number of carbonyl (C=O) groups excluding carboxylic acids is 1. The van der Waals surface area contributed by atoms with Crippen LogP contribution in [0.2, 0.25) is 0 Å². The maximum Gasteiger partial charge on any atom is 0.409 e. The van der Waals surface area contributed by atoms with Gasteiger partial charge in [-0.05, 0) is 39.0 Å². The van der Waals surface area contributed by atoms with E-state index in [9.17, 15) is 4.79 Å². The van der Waals surface area contributed by atoms with E-state index >= 15 is 0 Å². The van der Waals surface area contributed by atoms with E-state index < -0.39 is 0 Å². The van der Waals surface area contributed by atoms with Crippen molar-refractivity contribution in [2.45, 2.75) is 39.7 Å². The van der Waals surface area contributed by atoms with Gasteiger partial charge in [0.05, 0.1) is 6.61 Å². The van der Waals surface area contributed by atoms with Gasteiger partial charge in [0.2, 0.25) is 0 Å². The fourth-order valence-electron chi connectivity index (χ4n) is 1.18. The largest absolute Gasteiger partial charge is 0.449 e. The number of carbonyl (C=O) groups is 1. The molecule has 1 fully saturated rings. The lowest BCUT2D eigenvalue weighted by Gasteiger charge is -2.30. The first-order chi connectivity index (χ1) is 6.32. The monoisotopic (exact) mass is 199 g/mol. The van der Waals surface area contributed by atoms with Crippen molar-refractivity contribution in [2.75, 3.05) is 13.7 Å². The Labute approximate surface area is 86.4 Å². The van der Waals surface area contributed by atoms with Gasteiger partial charge in [0.25, 0.3) is 0 Å². The Hall–Kier alpha value is -0.730. The van der Waals surface area contributed by atoms with Crippen LogP contribution in [0, 0.1) is 11.8 Å². The summed E-state index contributed by atoms with van der Waals surface area (Å²) in [7, 11) is 1.78. The number of ether oxygens (including phenoxy) is 1. The predicted octanol–water partition coefficient (Wildman–Crippen LogP) is 2.51. The zero-order valence-corrected chi connectivity index (χ0v) is 9.83. The van der Waals surface area contributed by atoms with Gasteiger partial charge in [-0.3, -0.25) is 0 Å². The average molecular weight is 199 g/mol. The molecule has 0 saturated heterocycles. The van der Waals surface area contributed by atoms with Crippen LogP contribution in [0.4, 0.5) is 4.79 Å². The smallest absolute Gasteiger partial charge is 0.409 e. The Morgan fingerprint density at radius 2 is 2.00 bits per heavy atom. The van der Waals surface area contributed by atoms with Crippen molar-refractivity contribution in [3.63, 3.8) is 0 Å². The molecule has 0 aliphatic heterocycles. The summed E-state index contributed by atoms with van der Waals surface area (Å²) in [5.74, 6) is 1.34. The summed E-state index contributed by atoms with van der Waals surface area (Å²) in [5, 5.41) is 0. The lowest BCUT2D eigenvalue weighted by molar-refractivity contribution is 0.0770. The van der Waals surface area contributed by atoms with E-state index in [4.69, 9.17) is 4.74 Å². The summed E-state index contributed by atoms with van der Waals surface area (Å²) >= 11 is 0. The Morgan fingerprint density at radius 3 is 2.36 bits per heavy atom. The Kier molecular flexibility index (Phi) is 3.07. The Bertz CT molecular complexity index is 220. The molecule has 1 aliphatic carbocycles.